The third-order valence-corrected chi connectivity index (χ3v) is 6.97. The van der Waals surface area contributed by atoms with Crippen molar-refractivity contribution in [2.75, 3.05) is 13.2 Å². The van der Waals surface area contributed by atoms with Gasteiger partial charge in [0.2, 0.25) is 5.91 Å². The van der Waals surface area contributed by atoms with E-state index in [9.17, 15) is 19.5 Å². The van der Waals surface area contributed by atoms with E-state index < -0.39 is 18.1 Å². The molecule has 32 heavy (non-hydrogen) atoms. The molecule has 2 aromatic rings. The van der Waals surface area contributed by atoms with Crippen LogP contribution in [0.3, 0.4) is 0 Å². The zero-order valence-electron chi connectivity index (χ0n) is 17.7. The largest absolute Gasteiger partial charge is 0.480 e. The maximum atomic E-state index is 12.6. The van der Waals surface area contributed by atoms with Gasteiger partial charge in [-0.2, -0.15) is 0 Å². The Hall–Kier alpha value is -3.35. The first-order chi connectivity index (χ1) is 15.5. The number of benzene rings is 2. The van der Waals surface area contributed by atoms with Crippen LogP contribution in [0.1, 0.15) is 42.7 Å². The molecule has 0 spiro atoms. The minimum Gasteiger partial charge on any atom is -0.480 e. The molecule has 2 fully saturated rings. The Labute approximate surface area is 186 Å². The first-order valence-corrected chi connectivity index (χ1v) is 11.2. The summed E-state index contributed by atoms with van der Waals surface area (Å²) in [5.74, 6) is -1.27. The van der Waals surface area contributed by atoms with E-state index in [0.717, 1.165) is 17.5 Å². The molecule has 2 aromatic carbocycles. The van der Waals surface area contributed by atoms with E-state index in [1.165, 1.54) is 16.0 Å². The fourth-order valence-electron chi connectivity index (χ4n) is 5.27. The fraction of sp³-hybridized carbons (Fsp3) is 0.400. The molecule has 1 atom stereocenters. The maximum absolute atomic E-state index is 12.6. The number of amides is 2. The molecule has 1 aliphatic heterocycles. The van der Waals surface area contributed by atoms with Gasteiger partial charge in [0.25, 0.3) is 0 Å². The highest BCUT2D eigenvalue weighted by molar-refractivity contribution is 5.86. The summed E-state index contributed by atoms with van der Waals surface area (Å²) in [6.45, 7) is 0.750. The van der Waals surface area contributed by atoms with Crippen LogP contribution < -0.4 is 5.32 Å². The van der Waals surface area contributed by atoms with Gasteiger partial charge in [-0.1, -0.05) is 48.5 Å². The lowest BCUT2D eigenvalue weighted by molar-refractivity contribution is -0.151. The number of nitrogens with one attached hydrogen (secondary N) is 1. The van der Waals surface area contributed by atoms with Gasteiger partial charge in [-0.25, -0.2) is 9.59 Å². The van der Waals surface area contributed by atoms with Crippen molar-refractivity contribution in [3.63, 3.8) is 0 Å². The summed E-state index contributed by atoms with van der Waals surface area (Å²) in [6, 6.07) is 15.5. The summed E-state index contributed by atoms with van der Waals surface area (Å²) < 4.78 is 5.57. The van der Waals surface area contributed by atoms with Gasteiger partial charge in [-0.3, -0.25) is 4.79 Å². The number of aliphatic carboxylic acids is 1. The van der Waals surface area contributed by atoms with Crippen molar-refractivity contribution in [2.24, 2.45) is 5.92 Å². The van der Waals surface area contributed by atoms with Crippen LogP contribution in [-0.4, -0.2) is 53.2 Å². The Balaban J connectivity index is 1.13. The van der Waals surface area contributed by atoms with Gasteiger partial charge in [-0.15, -0.1) is 0 Å². The third-order valence-electron chi connectivity index (χ3n) is 6.97. The van der Waals surface area contributed by atoms with Crippen LogP contribution in [0.5, 0.6) is 0 Å². The molecule has 5 rings (SSSR count). The van der Waals surface area contributed by atoms with E-state index in [-0.39, 0.29) is 30.4 Å². The van der Waals surface area contributed by atoms with Crippen LogP contribution in [-0.2, 0) is 14.3 Å². The first kappa shape index (κ1) is 20.5. The number of alkyl carbamates (subject to hydrolysis) is 1. The number of carbonyl (C=O) groups is 3. The minimum atomic E-state index is -0.941. The number of likely N-dealkylation sites (tertiary alicyclic amines) is 1. The van der Waals surface area contributed by atoms with Crippen molar-refractivity contribution in [2.45, 2.75) is 43.7 Å². The maximum Gasteiger partial charge on any atom is 0.407 e. The fourth-order valence-corrected chi connectivity index (χ4v) is 5.27. The molecule has 0 radical (unpaired) electrons. The lowest BCUT2D eigenvalue weighted by Crippen LogP contribution is -2.52. The molecular formula is C25H26N2O5. The summed E-state index contributed by atoms with van der Waals surface area (Å²) >= 11 is 0. The van der Waals surface area contributed by atoms with Crippen molar-refractivity contribution in [3.05, 3.63) is 59.7 Å². The molecule has 1 saturated heterocycles. The number of carboxylic acids is 1. The van der Waals surface area contributed by atoms with Crippen LogP contribution in [0.25, 0.3) is 11.1 Å². The highest BCUT2D eigenvalue weighted by atomic mass is 16.5. The molecule has 2 N–H and O–H groups in total. The molecule has 7 heteroatoms. The molecular weight excluding hydrogens is 408 g/mol. The summed E-state index contributed by atoms with van der Waals surface area (Å²) in [4.78, 5) is 37.8. The number of fused-ring (bicyclic) bond motifs is 3. The number of carbonyl (C=O) groups excluding carboxylic acids is 2. The molecule has 2 amide bonds. The molecule has 7 nitrogen and oxygen atoms in total. The first-order valence-electron chi connectivity index (χ1n) is 11.2. The minimum absolute atomic E-state index is 0.00647. The van der Waals surface area contributed by atoms with Gasteiger partial charge in [-0.05, 0) is 47.9 Å². The summed E-state index contributed by atoms with van der Waals surface area (Å²) in [6.07, 6.45) is 1.79. The summed E-state index contributed by atoms with van der Waals surface area (Å²) in [7, 11) is 0. The topological polar surface area (TPSA) is 95.9 Å². The zero-order chi connectivity index (χ0) is 22.2. The number of hydrogen-bond donors (Lipinski definition) is 2. The Morgan fingerprint density at radius 1 is 1.00 bits per heavy atom. The van der Waals surface area contributed by atoms with Gasteiger partial charge in [0.1, 0.15) is 12.6 Å². The predicted molar refractivity (Wildman–Crippen MR) is 117 cm³/mol. The number of ether oxygens (including phenoxy) is 1. The molecule has 166 valence electrons. The third kappa shape index (κ3) is 3.61. The van der Waals surface area contributed by atoms with E-state index >= 15 is 0 Å². The second-order valence-corrected chi connectivity index (χ2v) is 8.86. The van der Waals surface area contributed by atoms with E-state index in [2.05, 4.69) is 29.6 Å². The molecule has 0 aromatic heterocycles. The molecule has 2 aliphatic carbocycles. The van der Waals surface area contributed by atoms with Gasteiger partial charge < -0.3 is 20.1 Å². The van der Waals surface area contributed by atoms with Gasteiger partial charge in [0.05, 0.1) is 0 Å². The van der Waals surface area contributed by atoms with Crippen molar-refractivity contribution >= 4 is 18.0 Å². The van der Waals surface area contributed by atoms with Crippen molar-refractivity contribution in [1.29, 1.82) is 0 Å². The van der Waals surface area contributed by atoms with Crippen LogP contribution in [0.15, 0.2) is 48.5 Å². The quantitative estimate of drug-likeness (QED) is 0.752. The molecule has 1 unspecified atom stereocenters. The number of nitrogens with zero attached hydrogens (tertiary/aromatic N) is 1. The molecule has 0 bridgehead atoms. The molecule has 1 saturated carbocycles. The van der Waals surface area contributed by atoms with Crippen LogP contribution >= 0.6 is 0 Å². The number of carboxylic acid groups (broad SMARTS) is 1. The second-order valence-electron chi connectivity index (χ2n) is 8.86. The standard InChI is InChI=1S/C25H26N2O5/c28-23(27-11-5-10-22(27)24(29)30)15-12-16(13-15)26-25(31)32-14-21-19-8-3-1-6-17(19)18-7-2-4-9-20(18)21/h1-4,6-9,15-16,21-22H,5,10-14H2,(H,26,31)(H,29,30). The van der Waals surface area contributed by atoms with Crippen LogP contribution in [0.4, 0.5) is 4.79 Å². The average molecular weight is 434 g/mol. The Kier molecular flexibility index (Phi) is 5.33. The Bertz CT molecular complexity index is 1020. The highest BCUT2D eigenvalue weighted by Crippen LogP contribution is 2.44. The number of hydrogen-bond acceptors (Lipinski definition) is 4. The van der Waals surface area contributed by atoms with E-state index in [1.54, 1.807) is 0 Å². The van der Waals surface area contributed by atoms with Gasteiger partial charge in [0, 0.05) is 24.4 Å². The van der Waals surface area contributed by atoms with Crippen molar-refractivity contribution in [1.82, 2.24) is 10.2 Å². The molecule has 1 heterocycles. The normalized spacial score (nSPS) is 23.8. The monoisotopic (exact) mass is 434 g/mol. The van der Waals surface area contributed by atoms with Gasteiger partial charge in [0.15, 0.2) is 0 Å². The summed E-state index contributed by atoms with van der Waals surface area (Å²) in [5, 5.41) is 12.1. The van der Waals surface area contributed by atoms with Crippen molar-refractivity contribution < 1.29 is 24.2 Å². The smallest absolute Gasteiger partial charge is 0.407 e. The summed E-state index contributed by atoms with van der Waals surface area (Å²) in [5.41, 5.74) is 4.68. The second kappa shape index (κ2) is 8.30. The Morgan fingerprint density at radius 2 is 1.62 bits per heavy atom. The van der Waals surface area contributed by atoms with Crippen LogP contribution in [0, 0.1) is 5.92 Å². The van der Waals surface area contributed by atoms with E-state index in [4.69, 9.17) is 4.74 Å². The zero-order valence-corrected chi connectivity index (χ0v) is 17.7. The molecule has 3 aliphatic rings. The highest BCUT2D eigenvalue weighted by Gasteiger charge is 2.42. The lowest BCUT2D eigenvalue weighted by atomic mass is 9.79. The predicted octanol–water partition coefficient (Wildman–Crippen LogP) is 3.38. The van der Waals surface area contributed by atoms with Crippen LogP contribution in [0.2, 0.25) is 0 Å². The Morgan fingerprint density at radius 3 is 2.25 bits per heavy atom. The average Bonchev–Trinajstić information content (AvgIpc) is 3.38. The van der Waals surface area contributed by atoms with E-state index in [0.29, 0.717) is 25.8 Å². The number of rotatable bonds is 5. The van der Waals surface area contributed by atoms with Crippen molar-refractivity contribution in [3.8, 4) is 11.1 Å². The van der Waals surface area contributed by atoms with E-state index in [1.807, 2.05) is 24.3 Å². The SMILES string of the molecule is O=C(NC1CC(C(=O)N2CCCC2C(=O)O)C1)OCC1c2ccccc2-c2ccccc21. The van der Waals surface area contributed by atoms with Gasteiger partial charge >= 0.3 is 12.1 Å². The lowest BCUT2D eigenvalue weighted by Gasteiger charge is -2.37.